The molecule has 2 aromatic rings. The number of carbonyl (C=O) groups excluding carboxylic acids is 3. The van der Waals surface area contributed by atoms with Gasteiger partial charge in [-0.25, -0.2) is 0 Å². The average Bonchev–Trinajstić information content (AvgIpc) is 4.19. The lowest BCUT2D eigenvalue weighted by molar-refractivity contribution is -0.247. The second kappa shape index (κ2) is 18.2. The second-order valence-electron chi connectivity index (χ2n) is 17.3. The Balaban J connectivity index is 0.000000216. The van der Waals surface area contributed by atoms with E-state index in [4.69, 9.17) is 29.4 Å². The van der Waals surface area contributed by atoms with Gasteiger partial charge in [0.2, 0.25) is 5.78 Å². The van der Waals surface area contributed by atoms with Crippen molar-refractivity contribution in [1.82, 2.24) is 9.80 Å². The number of piperidine rings is 2. The zero-order valence-electron chi connectivity index (χ0n) is 34.1. The number of halogens is 1. The van der Waals surface area contributed by atoms with Gasteiger partial charge in [0.05, 0.1) is 67.5 Å². The van der Waals surface area contributed by atoms with E-state index < -0.39 is 95.7 Å². The Morgan fingerprint density at radius 1 is 0.917 bits per heavy atom. The summed E-state index contributed by atoms with van der Waals surface area (Å²) in [5, 5.41) is 53.7. The molecule has 60 heavy (non-hydrogen) atoms. The number of phenols is 2. The van der Waals surface area contributed by atoms with Crippen LogP contribution in [0, 0.1) is 11.8 Å². The molecule has 2 unspecified atom stereocenters. The Kier molecular flexibility index (Phi) is 13.6. The first-order chi connectivity index (χ1) is 28.3. The topological polar surface area (TPSA) is 238 Å². The van der Waals surface area contributed by atoms with E-state index in [2.05, 4.69) is 9.80 Å². The second-order valence-corrected chi connectivity index (χ2v) is 17.3. The minimum Gasteiger partial charge on any atom is -0.507 e. The lowest BCUT2D eigenvalue weighted by Crippen LogP contribution is -2.53. The molecule has 0 aromatic heterocycles. The number of aliphatic hydroxyl groups is 3. The summed E-state index contributed by atoms with van der Waals surface area (Å²) in [7, 11) is 1.32. The molecule has 0 spiro atoms. The molecule has 8 atom stereocenters. The van der Waals surface area contributed by atoms with Crippen LogP contribution in [-0.2, 0) is 30.2 Å². The van der Waals surface area contributed by atoms with Crippen molar-refractivity contribution < 1.29 is 63.6 Å². The van der Waals surface area contributed by atoms with Crippen molar-refractivity contribution >= 4 is 29.8 Å². The highest BCUT2D eigenvalue weighted by Crippen LogP contribution is 2.52. The van der Waals surface area contributed by atoms with Crippen LogP contribution in [0.25, 0.3) is 0 Å². The number of aliphatic hydroxyl groups excluding tert-OH is 2. The highest BCUT2D eigenvalue weighted by atomic mass is 35.5. The third kappa shape index (κ3) is 8.97. The van der Waals surface area contributed by atoms with Gasteiger partial charge in [0, 0.05) is 55.1 Å². The fourth-order valence-corrected chi connectivity index (χ4v) is 9.89. The first-order valence-corrected chi connectivity index (χ1v) is 21.0. The van der Waals surface area contributed by atoms with Gasteiger partial charge in [0.1, 0.15) is 29.5 Å². The zero-order chi connectivity index (χ0) is 41.7. The highest BCUT2D eigenvalue weighted by Gasteiger charge is 2.50. The number of likely N-dealkylation sites (tertiary alicyclic amines) is 2. The number of rotatable bonds is 10. The van der Waals surface area contributed by atoms with Crippen molar-refractivity contribution in [3.63, 3.8) is 0 Å². The number of ether oxygens (including phenoxy) is 5. The van der Waals surface area contributed by atoms with E-state index in [1.54, 1.807) is 6.92 Å². The molecule has 0 bridgehead atoms. The van der Waals surface area contributed by atoms with Crippen molar-refractivity contribution in [2.75, 3.05) is 66.2 Å². The molecule has 330 valence electrons. The van der Waals surface area contributed by atoms with Gasteiger partial charge in [0.25, 0.3) is 0 Å². The van der Waals surface area contributed by atoms with Crippen LogP contribution in [0.15, 0.2) is 18.2 Å². The van der Waals surface area contributed by atoms with Crippen LogP contribution in [0.1, 0.15) is 94.5 Å². The summed E-state index contributed by atoms with van der Waals surface area (Å²) in [6.07, 6.45) is 1.69. The van der Waals surface area contributed by atoms with Crippen molar-refractivity contribution in [2.45, 2.75) is 100 Å². The first kappa shape index (κ1) is 44.8. The number of epoxide rings is 2. The maximum atomic E-state index is 13.6. The molecule has 7 aliphatic rings. The lowest BCUT2D eigenvalue weighted by atomic mass is 9.72. The molecule has 16 nitrogen and oxygen atoms in total. The Bertz CT molecular complexity index is 1880. The van der Waals surface area contributed by atoms with Gasteiger partial charge in [-0.2, -0.15) is 0 Å². The molecule has 17 heteroatoms. The number of phenolic OH excluding ortho intramolecular Hbond substituents is 2. The van der Waals surface area contributed by atoms with Crippen LogP contribution in [0.3, 0.4) is 0 Å². The van der Waals surface area contributed by atoms with E-state index in [0.717, 1.165) is 25.0 Å². The Morgan fingerprint density at radius 2 is 1.48 bits per heavy atom. The van der Waals surface area contributed by atoms with Gasteiger partial charge in [-0.05, 0) is 76.7 Å². The van der Waals surface area contributed by atoms with E-state index in [-0.39, 0.29) is 46.8 Å². The largest absolute Gasteiger partial charge is 0.507 e. The number of benzene rings is 2. The molecule has 5 fully saturated rings. The van der Waals surface area contributed by atoms with E-state index >= 15 is 0 Å². The minimum absolute atomic E-state index is 0. The number of methoxy groups -OCH3 is 1. The summed E-state index contributed by atoms with van der Waals surface area (Å²) in [4.78, 5) is 45.0. The number of Topliss-reactive ketones (excluding diaryl/α,β-unsaturated/α-hetero) is 1. The number of nitrogens with zero attached hydrogens (tertiary/aromatic N) is 2. The SMILES string of the molecule is C1OC1CN1CCC(C2CCN(CC3CO3)CC2)CC1.COc1cccc2c1C(=O)c1c(O)c3c(c(O)c1C2=O)C[C@@](O)(C(=O)CO)C[C@@H]3O[C@H]1C[C@H](N)[C@@H](O)[C@H](C)O1.Cl. The smallest absolute Gasteiger partial charge is 0.202 e. The molecule has 0 amide bonds. The number of fused-ring (bicyclic) bond motifs is 3. The maximum Gasteiger partial charge on any atom is 0.202 e. The summed E-state index contributed by atoms with van der Waals surface area (Å²) in [6, 6.07) is 3.64. The van der Waals surface area contributed by atoms with E-state index in [0.29, 0.717) is 12.2 Å². The standard InChI is InChI=1S/C27H29NO11.C16H28N2O2.ClH/c1-10-22(31)13(28)6-17(38-10)39-15-8-27(36,16(30)9-29)7-12-19(15)26(35)21-20(24(12)33)23(32)11-4-3-5-14(37-2)18(11)25(21)34;1-5-17(9-15-11-19-15)6-2-13(1)14-3-7-18(8-4-14)10-16-12-20-16;/h3-5,10,13,15,17,22,29,31,33,35-36H,6-9,28H2,1-2H3;13-16H,1-12H2;1H/t10-,13-,15-,17-,22-,27-;;/m0../s1. The Hall–Kier alpha value is -3.26. The van der Waals surface area contributed by atoms with E-state index in [1.807, 2.05) is 0 Å². The minimum atomic E-state index is -2.24. The van der Waals surface area contributed by atoms with Crippen molar-refractivity contribution in [1.29, 1.82) is 0 Å². The molecular weight excluding hydrogens is 802 g/mol. The number of carbonyl (C=O) groups is 3. The molecule has 2 aromatic carbocycles. The molecule has 5 aliphatic heterocycles. The van der Waals surface area contributed by atoms with Gasteiger partial charge in [-0.3, -0.25) is 14.4 Å². The molecule has 5 saturated heterocycles. The van der Waals surface area contributed by atoms with Crippen LogP contribution >= 0.6 is 12.4 Å². The van der Waals surface area contributed by atoms with E-state index in [1.165, 1.54) is 90.3 Å². The average molecular weight is 860 g/mol. The van der Waals surface area contributed by atoms with Gasteiger partial charge < -0.3 is 64.8 Å². The molecule has 5 heterocycles. The normalized spacial score (nSPS) is 31.8. The lowest BCUT2D eigenvalue weighted by Gasteiger charge is -2.42. The third-order valence-corrected chi connectivity index (χ3v) is 13.5. The fraction of sp³-hybridized carbons (Fsp3) is 0.651. The highest BCUT2D eigenvalue weighted by molar-refractivity contribution is 6.31. The predicted molar refractivity (Wildman–Crippen MR) is 217 cm³/mol. The number of ketones is 3. The molecule has 0 saturated carbocycles. The summed E-state index contributed by atoms with van der Waals surface area (Å²) in [5.41, 5.74) is 2.37. The Labute approximate surface area is 355 Å². The third-order valence-electron chi connectivity index (χ3n) is 13.5. The van der Waals surface area contributed by atoms with Crippen LogP contribution in [0.4, 0.5) is 0 Å². The van der Waals surface area contributed by atoms with Crippen LogP contribution in [0.2, 0.25) is 0 Å². The van der Waals surface area contributed by atoms with Crippen LogP contribution in [0.5, 0.6) is 17.2 Å². The molecule has 9 rings (SSSR count). The summed E-state index contributed by atoms with van der Waals surface area (Å²) in [5.74, 6) is -1.79. The molecule has 2 aliphatic carbocycles. The molecular formula is C43H58ClN3O13. The van der Waals surface area contributed by atoms with Gasteiger partial charge in [-0.1, -0.05) is 12.1 Å². The maximum absolute atomic E-state index is 13.6. The van der Waals surface area contributed by atoms with Crippen molar-refractivity contribution in [2.24, 2.45) is 17.6 Å². The number of hydrogen-bond donors (Lipinski definition) is 6. The molecule has 7 N–H and O–H groups in total. The van der Waals surface area contributed by atoms with Crippen LogP contribution < -0.4 is 10.5 Å². The van der Waals surface area contributed by atoms with Gasteiger partial charge in [0.15, 0.2) is 17.9 Å². The van der Waals surface area contributed by atoms with Crippen molar-refractivity contribution in [3.8, 4) is 17.2 Å². The predicted octanol–water partition coefficient (Wildman–Crippen LogP) is 1.63. The summed E-state index contributed by atoms with van der Waals surface area (Å²) in [6.45, 7) is 10.2. The Morgan fingerprint density at radius 3 is 2.00 bits per heavy atom. The van der Waals surface area contributed by atoms with Gasteiger partial charge in [-0.15, -0.1) is 12.4 Å². The van der Waals surface area contributed by atoms with Gasteiger partial charge >= 0.3 is 0 Å². The van der Waals surface area contributed by atoms with Crippen molar-refractivity contribution in [3.05, 3.63) is 51.6 Å². The monoisotopic (exact) mass is 859 g/mol. The zero-order valence-corrected chi connectivity index (χ0v) is 34.9. The number of aromatic hydroxyl groups is 2. The quantitative estimate of drug-likeness (QED) is 0.126. The first-order valence-electron chi connectivity index (χ1n) is 21.0. The number of nitrogens with two attached hydrogens (primary N) is 1. The fourth-order valence-electron chi connectivity index (χ4n) is 9.89. The van der Waals surface area contributed by atoms with Crippen LogP contribution in [-0.4, -0.2) is 161 Å². The summed E-state index contributed by atoms with van der Waals surface area (Å²) >= 11 is 0. The van der Waals surface area contributed by atoms with E-state index in [9.17, 15) is 39.9 Å². The summed E-state index contributed by atoms with van der Waals surface area (Å²) < 4.78 is 27.7. The number of hydrogen-bond acceptors (Lipinski definition) is 16. The molecule has 0 radical (unpaired) electrons.